The highest BCUT2D eigenvalue weighted by atomic mass is 16.5. The highest BCUT2D eigenvalue weighted by Gasteiger charge is 2.15. The fraction of sp³-hybridized carbons (Fsp3) is 0.348. The van der Waals surface area contributed by atoms with Gasteiger partial charge in [0.1, 0.15) is 11.3 Å². The van der Waals surface area contributed by atoms with Crippen LogP contribution in [0.3, 0.4) is 0 Å². The van der Waals surface area contributed by atoms with Gasteiger partial charge in [0.2, 0.25) is 5.95 Å². The number of rotatable bonds is 6. The van der Waals surface area contributed by atoms with E-state index in [-0.39, 0.29) is 5.41 Å². The molecule has 0 fully saturated rings. The van der Waals surface area contributed by atoms with E-state index in [1.165, 1.54) is 0 Å². The minimum atomic E-state index is 0.115. The number of nitrogens with one attached hydrogen (secondary N) is 2. The van der Waals surface area contributed by atoms with Crippen LogP contribution in [0, 0.1) is 12.3 Å². The van der Waals surface area contributed by atoms with Crippen molar-refractivity contribution in [2.24, 2.45) is 12.5 Å². The minimum Gasteiger partial charge on any atom is -0.495 e. The molecule has 1 aromatic carbocycles. The molecule has 4 rings (SSSR count). The normalized spacial score (nSPS) is 11.6. The number of anilines is 3. The van der Waals surface area contributed by atoms with E-state index in [1.54, 1.807) is 18.0 Å². The second kappa shape index (κ2) is 8.41. The van der Waals surface area contributed by atoms with Crippen molar-refractivity contribution in [3.8, 4) is 17.0 Å². The molecule has 0 amide bonds. The van der Waals surface area contributed by atoms with Crippen molar-refractivity contribution in [2.75, 3.05) is 24.3 Å². The molecule has 0 radical (unpaired) electrons. The number of hydrogen-bond donors (Lipinski definition) is 2. The van der Waals surface area contributed by atoms with Crippen molar-refractivity contribution in [3.05, 3.63) is 42.4 Å². The molecule has 0 aliphatic carbocycles. The smallest absolute Gasteiger partial charge is 0.227 e. The first-order valence-corrected chi connectivity index (χ1v) is 10.4. The maximum absolute atomic E-state index is 5.61. The fourth-order valence-electron chi connectivity index (χ4n) is 3.33. The van der Waals surface area contributed by atoms with Gasteiger partial charge in [0.05, 0.1) is 24.7 Å². The Kier molecular flexibility index (Phi) is 5.65. The summed E-state index contributed by atoms with van der Waals surface area (Å²) in [6.45, 7) is 9.29. The van der Waals surface area contributed by atoms with E-state index in [0.29, 0.717) is 11.7 Å². The predicted octanol–water partition coefficient (Wildman–Crippen LogP) is 4.34. The van der Waals surface area contributed by atoms with Crippen molar-refractivity contribution >= 4 is 28.4 Å². The lowest BCUT2D eigenvalue weighted by molar-refractivity contribution is 0.417. The Balaban J connectivity index is 1.67. The first kappa shape index (κ1) is 21.5. The summed E-state index contributed by atoms with van der Waals surface area (Å²) in [7, 11) is 3.49. The van der Waals surface area contributed by atoms with Gasteiger partial charge >= 0.3 is 0 Å². The van der Waals surface area contributed by atoms with Crippen LogP contribution in [0.15, 0.2) is 36.7 Å². The lowest BCUT2D eigenvalue weighted by atomic mass is 9.97. The summed E-state index contributed by atoms with van der Waals surface area (Å²) in [5.74, 6) is 1.89. The molecule has 9 heteroatoms. The molecule has 3 heterocycles. The zero-order valence-corrected chi connectivity index (χ0v) is 19.3. The molecule has 0 aliphatic heterocycles. The van der Waals surface area contributed by atoms with Gasteiger partial charge in [-0.2, -0.15) is 0 Å². The van der Waals surface area contributed by atoms with Crippen molar-refractivity contribution in [2.45, 2.75) is 27.7 Å². The third kappa shape index (κ3) is 4.61. The largest absolute Gasteiger partial charge is 0.495 e. The SMILES string of the molecule is COc1cc(-c2cnnn2C)ccc1Nc1ncc2cc(C)nc(NCC(C)(C)C)c2n1. The Morgan fingerprint density at radius 1 is 1.09 bits per heavy atom. The molecule has 0 saturated heterocycles. The number of aryl methyl sites for hydroxylation is 2. The quantitative estimate of drug-likeness (QED) is 0.464. The lowest BCUT2D eigenvalue weighted by Crippen LogP contribution is -2.20. The molecule has 166 valence electrons. The van der Waals surface area contributed by atoms with Crippen molar-refractivity contribution in [1.29, 1.82) is 0 Å². The van der Waals surface area contributed by atoms with Crippen LogP contribution in [-0.2, 0) is 7.05 Å². The van der Waals surface area contributed by atoms with Gasteiger partial charge in [-0.1, -0.05) is 32.1 Å². The van der Waals surface area contributed by atoms with Gasteiger partial charge in [-0.05, 0) is 30.5 Å². The van der Waals surface area contributed by atoms with Gasteiger partial charge in [-0.15, -0.1) is 5.10 Å². The molecular formula is C23H28N8O. The molecule has 0 atom stereocenters. The number of nitrogens with zero attached hydrogens (tertiary/aromatic N) is 6. The Labute approximate surface area is 187 Å². The van der Waals surface area contributed by atoms with Crippen LogP contribution in [-0.4, -0.2) is 43.6 Å². The van der Waals surface area contributed by atoms with Crippen LogP contribution < -0.4 is 15.4 Å². The summed E-state index contributed by atoms with van der Waals surface area (Å²) in [4.78, 5) is 13.9. The van der Waals surface area contributed by atoms with Crippen LogP contribution in [0.1, 0.15) is 26.5 Å². The number of methoxy groups -OCH3 is 1. The highest BCUT2D eigenvalue weighted by molar-refractivity contribution is 5.89. The van der Waals surface area contributed by atoms with Gasteiger partial charge in [0.15, 0.2) is 5.82 Å². The number of fused-ring (bicyclic) bond motifs is 1. The monoisotopic (exact) mass is 432 g/mol. The first-order valence-electron chi connectivity index (χ1n) is 10.4. The van der Waals surface area contributed by atoms with Gasteiger partial charge in [-0.3, -0.25) is 0 Å². The molecule has 0 aliphatic rings. The van der Waals surface area contributed by atoms with Gasteiger partial charge < -0.3 is 15.4 Å². The molecule has 2 N–H and O–H groups in total. The van der Waals surface area contributed by atoms with Gasteiger partial charge in [-0.25, -0.2) is 19.6 Å². The number of benzene rings is 1. The zero-order valence-electron chi connectivity index (χ0n) is 19.3. The third-order valence-electron chi connectivity index (χ3n) is 4.94. The van der Waals surface area contributed by atoms with E-state index in [1.807, 2.05) is 44.4 Å². The van der Waals surface area contributed by atoms with Crippen molar-refractivity contribution < 1.29 is 4.74 Å². The van der Waals surface area contributed by atoms with Crippen LogP contribution in [0.4, 0.5) is 17.5 Å². The average molecular weight is 433 g/mol. The summed E-state index contributed by atoms with van der Waals surface area (Å²) < 4.78 is 7.32. The Morgan fingerprint density at radius 2 is 1.91 bits per heavy atom. The van der Waals surface area contributed by atoms with Crippen molar-refractivity contribution in [3.63, 3.8) is 0 Å². The summed E-state index contributed by atoms with van der Waals surface area (Å²) in [5, 5.41) is 15.6. The molecule has 4 aromatic rings. The molecule has 0 unspecified atom stereocenters. The molecule has 3 aromatic heterocycles. The van der Waals surface area contributed by atoms with E-state index >= 15 is 0 Å². The molecule has 0 spiro atoms. The van der Waals surface area contributed by atoms with E-state index in [2.05, 4.69) is 51.7 Å². The summed E-state index contributed by atoms with van der Waals surface area (Å²) in [6.07, 6.45) is 3.53. The van der Waals surface area contributed by atoms with Gasteiger partial charge in [0.25, 0.3) is 0 Å². The second-order valence-electron chi connectivity index (χ2n) is 8.94. The third-order valence-corrected chi connectivity index (χ3v) is 4.94. The lowest BCUT2D eigenvalue weighted by Gasteiger charge is -2.20. The average Bonchev–Trinajstić information content (AvgIpc) is 3.18. The Morgan fingerprint density at radius 3 is 2.59 bits per heavy atom. The molecule has 0 saturated carbocycles. The van der Waals surface area contributed by atoms with E-state index in [0.717, 1.165) is 45.9 Å². The number of aromatic nitrogens is 6. The number of hydrogen-bond acceptors (Lipinski definition) is 8. The second-order valence-corrected chi connectivity index (χ2v) is 8.94. The minimum absolute atomic E-state index is 0.115. The van der Waals surface area contributed by atoms with Gasteiger partial charge in [0, 0.05) is 36.4 Å². The molecule has 0 bridgehead atoms. The topological polar surface area (TPSA) is 103 Å². The first-order chi connectivity index (χ1) is 15.2. The van der Waals surface area contributed by atoms with E-state index < -0.39 is 0 Å². The van der Waals surface area contributed by atoms with Crippen LogP contribution in [0.2, 0.25) is 0 Å². The summed E-state index contributed by atoms with van der Waals surface area (Å²) in [5.41, 5.74) is 4.41. The molecule has 32 heavy (non-hydrogen) atoms. The van der Waals surface area contributed by atoms with E-state index in [4.69, 9.17) is 9.72 Å². The van der Waals surface area contributed by atoms with Crippen LogP contribution in [0.5, 0.6) is 5.75 Å². The van der Waals surface area contributed by atoms with Crippen LogP contribution >= 0.6 is 0 Å². The molecular weight excluding hydrogens is 404 g/mol. The fourth-order valence-corrected chi connectivity index (χ4v) is 3.33. The predicted molar refractivity (Wildman–Crippen MR) is 126 cm³/mol. The maximum atomic E-state index is 5.61. The summed E-state index contributed by atoms with van der Waals surface area (Å²) in [6, 6.07) is 7.83. The summed E-state index contributed by atoms with van der Waals surface area (Å²) >= 11 is 0. The number of pyridine rings is 1. The van der Waals surface area contributed by atoms with Crippen molar-refractivity contribution in [1.82, 2.24) is 29.9 Å². The standard InChI is InChI=1S/C23H28N8O/c1-14-9-16-11-24-22(29-20(16)21(27-14)25-13-23(2,3)4)28-17-8-7-15(10-19(17)32-6)18-12-26-30-31(18)5/h7-12H,13H2,1-6H3,(H,25,27)(H,24,28,29). The Hall–Kier alpha value is -3.75. The van der Waals surface area contributed by atoms with E-state index in [9.17, 15) is 0 Å². The van der Waals surface area contributed by atoms with Crippen LogP contribution in [0.25, 0.3) is 22.2 Å². The Bertz CT molecular complexity index is 1260. The molecule has 9 nitrogen and oxygen atoms in total. The highest BCUT2D eigenvalue weighted by Crippen LogP contribution is 2.32. The maximum Gasteiger partial charge on any atom is 0.227 e. The zero-order chi connectivity index (χ0) is 22.9. The number of ether oxygens (including phenoxy) is 1.